The van der Waals surface area contributed by atoms with Crippen LogP contribution in [0.15, 0.2) is 48.5 Å². The molecule has 1 saturated heterocycles. The van der Waals surface area contributed by atoms with E-state index in [0.717, 1.165) is 37.6 Å². The summed E-state index contributed by atoms with van der Waals surface area (Å²) >= 11 is 0. The van der Waals surface area contributed by atoms with E-state index in [1.807, 2.05) is 55.4 Å². The van der Waals surface area contributed by atoms with Crippen molar-refractivity contribution in [1.82, 2.24) is 5.32 Å². The lowest BCUT2D eigenvalue weighted by Gasteiger charge is -2.29. The zero-order valence-electron chi connectivity index (χ0n) is 14.2. The molecule has 1 fully saturated rings. The maximum atomic E-state index is 12.4. The van der Waals surface area contributed by atoms with Gasteiger partial charge >= 0.3 is 0 Å². The molecule has 0 spiro atoms. The Bertz CT molecular complexity index is 691. The Balaban J connectivity index is 1.67. The maximum absolute atomic E-state index is 12.4. The summed E-state index contributed by atoms with van der Waals surface area (Å²) in [5, 5.41) is 6.32. The van der Waals surface area contributed by atoms with Gasteiger partial charge in [-0.2, -0.15) is 0 Å². The molecule has 1 aliphatic heterocycles. The van der Waals surface area contributed by atoms with Crippen molar-refractivity contribution in [3.63, 3.8) is 0 Å². The average Bonchev–Trinajstić information content (AvgIpc) is 2.63. The molecule has 0 atom stereocenters. The summed E-state index contributed by atoms with van der Waals surface area (Å²) in [6.45, 7) is 4.06. The molecule has 0 radical (unpaired) electrons. The van der Waals surface area contributed by atoms with E-state index in [1.165, 1.54) is 5.69 Å². The molecule has 24 heavy (non-hydrogen) atoms. The van der Waals surface area contributed by atoms with Crippen LogP contribution in [0.25, 0.3) is 0 Å². The van der Waals surface area contributed by atoms with Gasteiger partial charge in [-0.15, -0.1) is 0 Å². The van der Waals surface area contributed by atoms with Crippen LogP contribution >= 0.6 is 0 Å². The van der Waals surface area contributed by atoms with E-state index in [0.29, 0.717) is 5.56 Å². The predicted molar refractivity (Wildman–Crippen MR) is 100 cm³/mol. The van der Waals surface area contributed by atoms with Gasteiger partial charge in [-0.25, -0.2) is 0 Å². The molecule has 5 nitrogen and oxygen atoms in total. The van der Waals surface area contributed by atoms with Gasteiger partial charge in [-0.3, -0.25) is 4.79 Å². The minimum atomic E-state index is -0.0892. The van der Waals surface area contributed by atoms with Gasteiger partial charge in [0.1, 0.15) is 0 Å². The number of nitrogens with one attached hydrogen (secondary N) is 2. The lowest BCUT2D eigenvalue weighted by atomic mass is 10.1. The number of rotatable bonds is 4. The van der Waals surface area contributed by atoms with E-state index in [-0.39, 0.29) is 5.91 Å². The van der Waals surface area contributed by atoms with Gasteiger partial charge in [-0.1, -0.05) is 6.07 Å². The van der Waals surface area contributed by atoms with Gasteiger partial charge in [-0.05, 0) is 42.5 Å². The third-order valence-electron chi connectivity index (χ3n) is 4.23. The largest absolute Gasteiger partial charge is 0.378 e. The van der Waals surface area contributed by atoms with Crippen LogP contribution in [-0.2, 0) is 0 Å². The number of piperazine rings is 1. The monoisotopic (exact) mass is 324 g/mol. The molecule has 2 aromatic rings. The van der Waals surface area contributed by atoms with E-state index in [9.17, 15) is 4.79 Å². The first-order valence-corrected chi connectivity index (χ1v) is 8.28. The van der Waals surface area contributed by atoms with Crippen LogP contribution in [-0.4, -0.2) is 46.2 Å². The van der Waals surface area contributed by atoms with Crippen molar-refractivity contribution < 1.29 is 4.79 Å². The van der Waals surface area contributed by atoms with Crippen molar-refractivity contribution >= 4 is 23.0 Å². The molecular weight excluding hydrogens is 300 g/mol. The molecule has 2 N–H and O–H groups in total. The number of carbonyl (C=O) groups is 1. The van der Waals surface area contributed by atoms with Crippen LogP contribution in [0.1, 0.15) is 10.4 Å². The lowest BCUT2D eigenvalue weighted by molar-refractivity contribution is 0.102. The number of hydrogen-bond acceptors (Lipinski definition) is 4. The summed E-state index contributed by atoms with van der Waals surface area (Å²) < 4.78 is 0. The first-order chi connectivity index (χ1) is 11.6. The smallest absolute Gasteiger partial charge is 0.255 e. The molecule has 0 aliphatic carbocycles. The van der Waals surface area contributed by atoms with E-state index in [2.05, 4.69) is 27.7 Å². The van der Waals surface area contributed by atoms with Crippen LogP contribution in [0.5, 0.6) is 0 Å². The zero-order valence-corrected chi connectivity index (χ0v) is 14.2. The highest BCUT2D eigenvalue weighted by molar-refractivity contribution is 6.04. The Morgan fingerprint density at radius 1 is 1.08 bits per heavy atom. The predicted octanol–water partition coefficient (Wildman–Crippen LogP) is 2.41. The maximum Gasteiger partial charge on any atom is 0.255 e. The second-order valence-electron chi connectivity index (χ2n) is 6.18. The van der Waals surface area contributed by atoms with Crippen LogP contribution in [0.2, 0.25) is 0 Å². The number of nitrogens with zero attached hydrogens (tertiary/aromatic N) is 2. The van der Waals surface area contributed by atoms with Crippen LogP contribution < -0.4 is 20.4 Å². The summed E-state index contributed by atoms with van der Waals surface area (Å²) in [7, 11) is 3.93. The molecule has 1 amide bonds. The summed E-state index contributed by atoms with van der Waals surface area (Å²) in [5.74, 6) is -0.0892. The van der Waals surface area contributed by atoms with Crippen molar-refractivity contribution in [3.8, 4) is 0 Å². The molecule has 126 valence electrons. The molecule has 5 heteroatoms. The van der Waals surface area contributed by atoms with Crippen molar-refractivity contribution in [3.05, 3.63) is 54.1 Å². The molecule has 1 aliphatic rings. The minimum Gasteiger partial charge on any atom is -0.378 e. The van der Waals surface area contributed by atoms with Gasteiger partial charge in [0.05, 0.1) is 0 Å². The first kappa shape index (κ1) is 16.3. The van der Waals surface area contributed by atoms with Crippen molar-refractivity contribution in [2.24, 2.45) is 0 Å². The molecule has 0 bridgehead atoms. The fourth-order valence-electron chi connectivity index (χ4n) is 2.81. The second-order valence-corrected chi connectivity index (χ2v) is 6.18. The summed E-state index contributed by atoms with van der Waals surface area (Å²) in [6, 6.07) is 15.7. The number of amides is 1. The molecule has 2 aromatic carbocycles. The highest BCUT2D eigenvalue weighted by Gasteiger charge is 2.11. The van der Waals surface area contributed by atoms with Crippen LogP contribution in [0.4, 0.5) is 17.1 Å². The van der Waals surface area contributed by atoms with Crippen molar-refractivity contribution in [1.29, 1.82) is 0 Å². The van der Waals surface area contributed by atoms with Crippen LogP contribution in [0.3, 0.4) is 0 Å². The van der Waals surface area contributed by atoms with Gasteiger partial charge < -0.3 is 20.4 Å². The number of anilines is 3. The Morgan fingerprint density at radius 2 is 1.79 bits per heavy atom. The highest BCUT2D eigenvalue weighted by Crippen LogP contribution is 2.20. The zero-order chi connectivity index (χ0) is 16.9. The molecule has 0 aromatic heterocycles. The second kappa shape index (κ2) is 7.36. The Labute approximate surface area is 143 Å². The molecule has 3 rings (SSSR count). The standard InChI is InChI=1S/C19H24N4O/c1-22(2)18-5-3-4-15(14-18)19(24)21-16-6-8-17(9-7-16)23-12-10-20-11-13-23/h3-9,14,20H,10-13H2,1-2H3,(H,21,24). The first-order valence-electron chi connectivity index (χ1n) is 8.28. The summed E-state index contributed by atoms with van der Waals surface area (Å²) in [5.41, 5.74) is 3.68. The average molecular weight is 324 g/mol. The fourth-order valence-corrected chi connectivity index (χ4v) is 2.81. The highest BCUT2D eigenvalue weighted by atomic mass is 16.1. The molecule has 0 unspecified atom stereocenters. The molecular formula is C19H24N4O. The Hall–Kier alpha value is -2.53. The lowest BCUT2D eigenvalue weighted by Crippen LogP contribution is -2.43. The number of hydrogen-bond donors (Lipinski definition) is 2. The van der Waals surface area contributed by atoms with Gasteiger partial charge in [0.15, 0.2) is 0 Å². The SMILES string of the molecule is CN(C)c1cccc(C(=O)Nc2ccc(N3CCNCC3)cc2)c1. The quantitative estimate of drug-likeness (QED) is 0.907. The minimum absolute atomic E-state index is 0.0892. The van der Waals surface area contributed by atoms with Crippen molar-refractivity contribution in [2.45, 2.75) is 0 Å². The van der Waals surface area contributed by atoms with E-state index < -0.39 is 0 Å². The third-order valence-corrected chi connectivity index (χ3v) is 4.23. The van der Waals surface area contributed by atoms with Gasteiger partial charge in [0, 0.05) is 62.9 Å². The van der Waals surface area contributed by atoms with Gasteiger partial charge in [0.25, 0.3) is 5.91 Å². The molecule has 0 saturated carbocycles. The number of benzene rings is 2. The van der Waals surface area contributed by atoms with Crippen molar-refractivity contribution in [2.75, 3.05) is 55.4 Å². The van der Waals surface area contributed by atoms with E-state index in [4.69, 9.17) is 0 Å². The van der Waals surface area contributed by atoms with E-state index >= 15 is 0 Å². The van der Waals surface area contributed by atoms with Gasteiger partial charge in [0.2, 0.25) is 0 Å². The Kier molecular flexibility index (Phi) is 5.01. The normalized spacial score (nSPS) is 14.3. The summed E-state index contributed by atoms with van der Waals surface area (Å²) in [6.07, 6.45) is 0. The Morgan fingerprint density at radius 3 is 2.46 bits per heavy atom. The fraction of sp³-hybridized carbons (Fsp3) is 0.316. The number of carbonyl (C=O) groups excluding carboxylic acids is 1. The topological polar surface area (TPSA) is 47.6 Å². The summed E-state index contributed by atoms with van der Waals surface area (Å²) in [4.78, 5) is 16.8. The third kappa shape index (κ3) is 3.86. The van der Waals surface area contributed by atoms with Crippen LogP contribution in [0, 0.1) is 0 Å². The molecule has 1 heterocycles. The van der Waals surface area contributed by atoms with E-state index in [1.54, 1.807) is 0 Å².